The molecule has 0 aliphatic heterocycles. The average Bonchev–Trinajstić information content (AvgIpc) is 2.87. The van der Waals surface area contributed by atoms with E-state index in [0.29, 0.717) is 11.4 Å². The van der Waals surface area contributed by atoms with Crippen LogP contribution in [0.3, 0.4) is 0 Å². The molecule has 0 fully saturated rings. The van der Waals surface area contributed by atoms with Gasteiger partial charge in [-0.15, -0.1) is 0 Å². The minimum Gasteiger partial charge on any atom is -0.497 e. The molecular formula is C13H14N2O3. The molecule has 0 spiro atoms. The first kappa shape index (κ1) is 12.2. The Balaban J connectivity index is 2.31. The van der Waals surface area contributed by atoms with Crippen molar-refractivity contribution in [1.82, 2.24) is 10.2 Å². The van der Waals surface area contributed by atoms with Crippen molar-refractivity contribution in [1.29, 1.82) is 0 Å². The number of hydrogen-bond donors (Lipinski definition) is 2. The number of benzene rings is 1. The predicted molar refractivity (Wildman–Crippen MR) is 66.6 cm³/mol. The summed E-state index contributed by atoms with van der Waals surface area (Å²) in [5.74, 6) is -0.740. The molecule has 1 atom stereocenters. The van der Waals surface area contributed by atoms with E-state index < -0.39 is 11.9 Å². The summed E-state index contributed by atoms with van der Waals surface area (Å²) in [7, 11) is 1.60. The van der Waals surface area contributed by atoms with Crippen molar-refractivity contribution in [3.05, 3.63) is 36.0 Å². The normalized spacial score (nSPS) is 12.1. The molecule has 0 aliphatic carbocycles. The quantitative estimate of drug-likeness (QED) is 0.867. The second-order valence-corrected chi connectivity index (χ2v) is 4.00. The van der Waals surface area contributed by atoms with Gasteiger partial charge in [-0.25, -0.2) is 0 Å². The number of aliphatic carboxylic acids is 1. The highest BCUT2D eigenvalue weighted by Gasteiger charge is 2.16. The highest BCUT2D eigenvalue weighted by molar-refractivity contribution is 5.75. The standard InChI is InChI=1S/C13H14N2O3/c1-8(13(16)17)11-7-12(15-14-11)9-4-3-5-10(6-9)18-2/h3-8H,1-2H3,(H,14,15)(H,16,17). The Morgan fingerprint density at radius 1 is 1.44 bits per heavy atom. The molecule has 1 unspecified atom stereocenters. The van der Waals surface area contributed by atoms with Crippen LogP contribution in [0.5, 0.6) is 5.75 Å². The molecule has 0 saturated heterocycles. The third-order valence-corrected chi connectivity index (χ3v) is 2.80. The fourth-order valence-electron chi connectivity index (χ4n) is 1.62. The van der Waals surface area contributed by atoms with Gasteiger partial charge in [0, 0.05) is 11.3 Å². The molecule has 0 saturated carbocycles. The van der Waals surface area contributed by atoms with Crippen LogP contribution < -0.4 is 4.74 Å². The van der Waals surface area contributed by atoms with Crippen molar-refractivity contribution in [3.63, 3.8) is 0 Å². The predicted octanol–water partition coefficient (Wildman–Crippen LogP) is 2.27. The van der Waals surface area contributed by atoms with E-state index in [1.165, 1.54) is 0 Å². The van der Waals surface area contributed by atoms with Gasteiger partial charge in [-0.1, -0.05) is 12.1 Å². The summed E-state index contributed by atoms with van der Waals surface area (Å²) in [6, 6.07) is 9.20. The highest BCUT2D eigenvalue weighted by Crippen LogP contribution is 2.24. The molecule has 1 heterocycles. The topological polar surface area (TPSA) is 75.2 Å². The van der Waals surface area contributed by atoms with E-state index in [4.69, 9.17) is 9.84 Å². The molecular weight excluding hydrogens is 232 g/mol. The van der Waals surface area contributed by atoms with E-state index in [1.54, 1.807) is 20.1 Å². The summed E-state index contributed by atoms with van der Waals surface area (Å²) in [4.78, 5) is 10.9. The number of aromatic nitrogens is 2. The maximum atomic E-state index is 10.9. The van der Waals surface area contributed by atoms with E-state index in [0.717, 1.165) is 11.3 Å². The lowest BCUT2D eigenvalue weighted by molar-refractivity contribution is -0.138. The van der Waals surface area contributed by atoms with Gasteiger partial charge in [0.2, 0.25) is 0 Å². The number of H-pyrrole nitrogens is 1. The van der Waals surface area contributed by atoms with E-state index in [-0.39, 0.29) is 0 Å². The summed E-state index contributed by atoms with van der Waals surface area (Å²) in [6.07, 6.45) is 0. The van der Waals surface area contributed by atoms with Crippen LogP contribution in [-0.2, 0) is 4.79 Å². The van der Waals surface area contributed by atoms with Gasteiger partial charge < -0.3 is 9.84 Å². The number of nitrogens with zero attached hydrogens (tertiary/aromatic N) is 1. The SMILES string of the molecule is COc1cccc(-c2cc(C(C)C(=O)O)[nH]n2)c1. The van der Waals surface area contributed by atoms with Crippen LogP contribution >= 0.6 is 0 Å². The molecule has 18 heavy (non-hydrogen) atoms. The number of carboxylic acid groups (broad SMARTS) is 1. The third-order valence-electron chi connectivity index (χ3n) is 2.80. The number of methoxy groups -OCH3 is 1. The number of aromatic amines is 1. The van der Waals surface area contributed by atoms with Crippen molar-refractivity contribution in [3.8, 4) is 17.0 Å². The largest absolute Gasteiger partial charge is 0.497 e. The Morgan fingerprint density at radius 2 is 2.22 bits per heavy atom. The van der Waals surface area contributed by atoms with Crippen LogP contribution in [-0.4, -0.2) is 28.4 Å². The molecule has 0 bridgehead atoms. The summed E-state index contributed by atoms with van der Waals surface area (Å²) in [6.45, 7) is 1.62. The molecule has 0 aliphatic rings. The Bertz CT molecular complexity index is 563. The van der Waals surface area contributed by atoms with Gasteiger partial charge in [0.25, 0.3) is 0 Å². The Morgan fingerprint density at radius 3 is 2.89 bits per heavy atom. The molecule has 5 nitrogen and oxygen atoms in total. The molecule has 2 rings (SSSR count). The minimum atomic E-state index is -0.879. The summed E-state index contributed by atoms with van der Waals surface area (Å²) < 4.78 is 5.14. The minimum absolute atomic E-state index is 0.584. The van der Waals surface area contributed by atoms with Gasteiger partial charge in [0.15, 0.2) is 0 Å². The number of nitrogens with one attached hydrogen (secondary N) is 1. The summed E-state index contributed by atoms with van der Waals surface area (Å²) in [5, 5.41) is 15.8. The fraction of sp³-hybridized carbons (Fsp3) is 0.231. The van der Waals surface area contributed by atoms with Gasteiger partial charge in [-0.3, -0.25) is 9.89 Å². The first-order valence-corrected chi connectivity index (χ1v) is 5.54. The number of carboxylic acids is 1. The average molecular weight is 246 g/mol. The highest BCUT2D eigenvalue weighted by atomic mass is 16.5. The fourth-order valence-corrected chi connectivity index (χ4v) is 1.62. The monoisotopic (exact) mass is 246 g/mol. The van der Waals surface area contributed by atoms with Gasteiger partial charge in [0.1, 0.15) is 5.75 Å². The number of hydrogen-bond acceptors (Lipinski definition) is 3. The molecule has 1 aromatic carbocycles. The molecule has 1 aromatic heterocycles. The zero-order valence-corrected chi connectivity index (χ0v) is 10.2. The van der Waals surface area contributed by atoms with Crippen LogP contribution in [0.1, 0.15) is 18.5 Å². The molecule has 5 heteroatoms. The van der Waals surface area contributed by atoms with Crippen LogP contribution in [0.4, 0.5) is 0 Å². The van der Waals surface area contributed by atoms with Crippen LogP contribution in [0.15, 0.2) is 30.3 Å². The maximum absolute atomic E-state index is 10.9. The van der Waals surface area contributed by atoms with Crippen molar-refractivity contribution in [2.45, 2.75) is 12.8 Å². The van der Waals surface area contributed by atoms with Gasteiger partial charge in [-0.05, 0) is 25.1 Å². The first-order chi connectivity index (χ1) is 8.61. The smallest absolute Gasteiger partial charge is 0.312 e. The molecule has 94 valence electrons. The number of rotatable bonds is 4. The summed E-state index contributed by atoms with van der Waals surface area (Å²) >= 11 is 0. The second-order valence-electron chi connectivity index (χ2n) is 4.00. The molecule has 2 N–H and O–H groups in total. The van der Waals surface area contributed by atoms with Crippen LogP contribution in [0.2, 0.25) is 0 Å². The summed E-state index contributed by atoms with van der Waals surface area (Å²) in [5.41, 5.74) is 2.17. The first-order valence-electron chi connectivity index (χ1n) is 5.54. The van der Waals surface area contributed by atoms with Crippen LogP contribution in [0.25, 0.3) is 11.3 Å². The Kier molecular flexibility index (Phi) is 3.32. The zero-order chi connectivity index (χ0) is 13.1. The zero-order valence-electron chi connectivity index (χ0n) is 10.2. The molecule has 2 aromatic rings. The number of carbonyl (C=O) groups is 1. The van der Waals surface area contributed by atoms with Gasteiger partial charge in [-0.2, -0.15) is 5.10 Å². The van der Waals surface area contributed by atoms with E-state index >= 15 is 0 Å². The molecule has 0 radical (unpaired) electrons. The lowest BCUT2D eigenvalue weighted by atomic mass is 10.1. The third kappa shape index (κ3) is 2.34. The molecule has 0 amide bonds. The van der Waals surface area contributed by atoms with Gasteiger partial charge >= 0.3 is 5.97 Å². The van der Waals surface area contributed by atoms with Gasteiger partial charge in [0.05, 0.1) is 18.7 Å². The lowest BCUT2D eigenvalue weighted by Gasteiger charge is -2.01. The van der Waals surface area contributed by atoms with E-state index in [2.05, 4.69) is 10.2 Å². The van der Waals surface area contributed by atoms with Crippen LogP contribution in [0, 0.1) is 0 Å². The Hall–Kier alpha value is -2.30. The van der Waals surface area contributed by atoms with E-state index in [1.807, 2.05) is 24.3 Å². The lowest BCUT2D eigenvalue weighted by Crippen LogP contribution is -2.07. The van der Waals surface area contributed by atoms with Crippen molar-refractivity contribution < 1.29 is 14.6 Å². The van der Waals surface area contributed by atoms with Crippen molar-refractivity contribution in [2.75, 3.05) is 7.11 Å². The Labute approximate surface area is 104 Å². The second kappa shape index (κ2) is 4.91. The maximum Gasteiger partial charge on any atom is 0.312 e. The van der Waals surface area contributed by atoms with Crippen molar-refractivity contribution in [2.24, 2.45) is 0 Å². The van der Waals surface area contributed by atoms with Crippen molar-refractivity contribution >= 4 is 5.97 Å². The van der Waals surface area contributed by atoms with E-state index in [9.17, 15) is 4.79 Å². The number of ether oxygens (including phenoxy) is 1.